The van der Waals surface area contributed by atoms with Crippen molar-refractivity contribution in [2.24, 2.45) is 0 Å². The molecule has 3 rings (SSSR count). The highest BCUT2D eigenvalue weighted by molar-refractivity contribution is 6.33. The van der Waals surface area contributed by atoms with E-state index in [4.69, 9.17) is 16.3 Å². The van der Waals surface area contributed by atoms with Crippen LogP contribution in [0.1, 0.15) is 17.3 Å². The van der Waals surface area contributed by atoms with Gasteiger partial charge in [-0.15, -0.1) is 0 Å². The van der Waals surface area contributed by atoms with E-state index in [9.17, 15) is 18.4 Å². The van der Waals surface area contributed by atoms with Crippen LogP contribution in [-0.2, 0) is 9.53 Å². The van der Waals surface area contributed by atoms with Gasteiger partial charge in [0.2, 0.25) is 0 Å². The summed E-state index contributed by atoms with van der Waals surface area (Å²) in [5.74, 6) is -3.99. The molecule has 0 spiro atoms. The predicted octanol–water partition coefficient (Wildman–Crippen LogP) is 3.56. The fraction of sp³-hybridized carbons (Fsp3) is 0.333. The first-order valence-corrected chi connectivity index (χ1v) is 9.94. The molecule has 0 aromatic heterocycles. The highest BCUT2D eigenvalue weighted by Gasteiger charge is 2.18. The smallest absolute Gasteiger partial charge is 0.340 e. The monoisotopic (exact) mass is 437 g/mol. The van der Waals surface area contributed by atoms with E-state index in [1.165, 1.54) is 0 Å². The second kappa shape index (κ2) is 9.86. The quantitative estimate of drug-likeness (QED) is 0.553. The van der Waals surface area contributed by atoms with E-state index < -0.39 is 30.1 Å². The number of nitrogens with zero attached hydrogens (tertiary/aromatic N) is 2. The molecule has 0 radical (unpaired) electrons. The van der Waals surface area contributed by atoms with Crippen molar-refractivity contribution in [1.29, 1.82) is 0 Å². The van der Waals surface area contributed by atoms with Gasteiger partial charge in [0.05, 0.1) is 10.6 Å². The molecule has 1 N–H and O–H groups in total. The van der Waals surface area contributed by atoms with Crippen LogP contribution in [0, 0.1) is 11.6 Å². The molecule has 30 heavy (non-hydrogen) atoms. The summed E-state index contributed by atoms with van der Waals surface area (Å²) >= 11 is 5.72. The lowest BCUT2D eigenvalue weighted by Crippen LogP contribution is -2.46. The molecule has 1 fully saturated rings. The highest BCUT2D eigenvalue weighted by atomic mass is 35.5. The van der Waals surface area contributed by atoms with Crippen LogP contribution >= 0.6 is 11.6 Å². The van der Waals surface area contributed by atoms with Crippen molar-refractivity contribution < 1.29 is 23.1 Å². The first kappa shape index (κ1) is 22.0. The molecule has 2 aromatic carbocycles. The number of carbonyl (C=O) groups is 2. The number of ether oxygens (including phenoxy) is 1. The second-order valence-corrected chi connectivity index (χ2v) is 7.25. The molecule has 1 saturated heterocycles. The first-order valence-electron chi connectivity index (χ1n) is 9.56. The maximum absolute atomic E-state index is 13.3. The standard InChI is InChI=1S/C21H22ClF2N3O3/c1-2-26-7-9-27(10-8-26)15-5-3-14(4-6-15)25-20(28)13-30-21(29)16-11-18(23)19(24)12-17(16)22/h3-6,11-12H,2,7-10,13H2,1H3,(H,25,28). The van der Waals surface area contributed by atoms with E-state index in [0.29, 0.717) is 17.8 Å². The summed E-state index contributed by atoms with van der Waals surface area (Å²) in [6.07, 6.45) is 0. The summed E-state index contributed by atoms with van der Waals surface area (Å²) in [4.78, 5) is 28.7. The van der Waals surface area contributed by atoms with E-state index in [2.05, 4.69) is 22.0 Å². The maximum Gasteiger partial charge on any atom is 0.340 e. The van der Waals surface area contributed by atoms with Crippen LogP contribution in [0.2, 0.25) is 5.02 Å². The molecule has 1 aliphatic heterocycles. The molecule has 0 atom stereocenters. The zero-order valence-corrected chi connectivity index (χ0v) is 17.2. The number of rotatable bonds is 6. The van der Waals surface area contributed by atoms with E-state index in [-0.39, 0.29) is 10.6 Å². The average Bonchev–Trinajstić information content (AvgIpc) is 2.75. The summed E-state index contributed by atoms with van der Waals surface area (Å²) in [6.45, 7) is 6.53. The highest BCUT2D eigenvalue weighted by Crippen LogP contribution is 2.21. The minimum Gasteiger partial charge on any atom is -0.452 e. The van der Waals surface area contributed by atoms with Crippen molar-refractivity contribution in [3.63, 3.8) is 0 Å². The number of likely N-dealkylation sites (N-methyl/N-ethyl adjacent to an activating group) is 1. The Morgan fingerprint density at radius 1 is 1.07 bits per heavy atom. The van der Waals surface area contributed by atoms with Gasteiger partial charge in [0.15, 0.2) is 18.2 Å². The second-order valence-electron chi connectivity index (χ2n) is 6.84. The Balaban J connectivity index is 1.50. The Morgan fingerprint density at radius 3 is 2.33 bits per heavy atom. The number of esters is 1. The van der Waals surface area contributed by atoms with Gasteiger partial charge in [-0.1, -0.05) is 18.5 Å². The number of piperazine rings is 1. The first-order chi connectivity index (χ1) is 14.4. The molecule has 1 heterocycles. The lowest BCUT2D eigenvalue weighted by Gasteiger charge is -2.35. The van der Waals surface area contributed by atoms with Crippen molar-refractivity contribution in [1.82, 2.24) is 4.90 Å². The van der Waals surface area contributed by atoms with E-state index in [1.807, 2.05) is 12.1 Å². The van der Waals surface area contributed by atoms with E-state index in [0.717, 1.165) is 38.4 Å². The molecule has 0 aliphatic carbocycles. The third-order valence-electron chi connectivity index (χ3n) is 4.90. The lowest BCUT2D eigenvalue weighted by atomic mass is 10.2. The normalized spacial score (nSPS) is 14.5. The van der Waals surface area contributed by atoms with Crippen LogP contribution in [0.5, 0.6) is 0 Å². The Morgan fingerprint density at radius 2 is 1.70 bits per heavy atom. The number of halogens is 3. The Kier molecular flexibility index (Phi) is 7.23. The molecule has 9 heteroatoms. The van der Waals surface area contributed by atoms with Crippen LogP contribution in [0.25, 0.3) is 0 Å². The van der Waals surface area contributed by atoms with Gasteiger partial charge in [-0.25, -0.2) is 13.6 Å². The predicted molar refractivity (Wildman–Crippen MR) is 111 cm³/mol. The van der Waals surface area contributed by atoms with Crippen LogP contribution in [0.15, 0.2) is 36.4 Å². The van der Waals surface area contributed by atoms with Crippen molar-refractivity contribution in [3.05, 3.63) is 58.6 Å². The van der Waals surface area contributed by atoms with Gasteiger partial charge in [-0.05, 0) is 42.9 Å². The van der Waals surface area contributed by atoms with Gasteiger partial charge >= 0.3 is 5.97 Å². The number of amides is 1. The molecule has 1 amide bonds. The van der Waals surface area contributed by atoms with Crippen LogP contribution < -0.4 is 10.2 Å². The summed E-state index contributed by atoms with van der Waals surface area (Å²) in [5.41, 5.74) is 1.27. The molecule has 1 aliphatic rings. The Labute approximate surface area is 178 Å². The Hall–Kier alpha value is -2.71. The fourth-order valence-electron chi connectivity index (χ4n) is 3.16. The van der Waals surface area contributed by atoms with Crippen molar-refractivity contribution in [3.8, 4) is 0 Å². The summed E-state index contributed by atoms with van der Waals surface area (Å²) < 4.78 is 31.2. The molecular formula is C21H22ClF2N3O3. The van der Waals surface area contributed by atoms with Gasteiger partial charge in [0.1, 0.15) is 0 Å². The average molecular weight is 438 g/mol. The van der Waals surface area contributed by atoms with Crippen molar-refractivity contribution in [2.75, 3.05) is 49.5 Å². The number of carbonyl (C=O) groups excluding carboxylic acids is 2. The molecule has 160 valence electrons. The zero-order chi connectivity index (χ0) is 21.7. The fourth-order valence-corrected chi connectivity index (χ4v) is 3.39. The number of hydrogen-bond acceptors (Lipinski definition) is 5. The largest absolute Gasteiger partial charge is 0.452 e. The number of nitrogens with one attached hydrogen (secondary N) is 1. The number of benzene rings is 2. The molecular weight excluding hydrogens is 416 g/mol. The van der Waals surface area contributed by atoms with Gasteiger partial charge in [-0.2, -0.15) is 0 Å². The van der Waals surface area contributed by atoms with E-state index >= 15 is 0 Å². The third-order valence-corrected chi connectivity index (χ3v) is 5.21. The topological polar surface area (TPSA) is 61.9 Å². The third kappa shape index (κ3) is 5.46. The van der Waals surface area contributed by atoms with Crippen molar-refractivity contribution >= 4 is 34.9 Å². The zero-order valence-electron chi connectivity index (χ0n) is 16.5. The Bertz CT molecular complexity index is 916. The van der Waals surface area contributed by atoms with Crippen LogP contribution in [0.4, 0.5) is 20.2 Å². The number of hydrogen-bond donors (Lipinski definition) is 1. The minimum atomic E-state index is -1.23. The SMILES string of the molecule is CCN1CCN(c2ccc(NC(=O)COC(=O)c3cc(F)c(F)cc3Cl)cc2)CC1. The summed E-state index contributed by atoms with van der Waals surface area (Å²) in [7, 11) is 0. The van der Waals surface area contributed by atoms with Gasteiger partial charge in [0.25, 0.3) is 5.91 Å². The molecule has 0 unspecified atom stereocenters. The molecule has 6 nitrogen and oxygen atoms in total. The number of anilines is 2. The van der Waals surface area contributed by atoms with Gasteiger partial charge in [-0.3, -0.25) is 4.79 Å². The summed E-state index contributed by atoms with van der Waals surface area (Å²) in [5, 5.41) is 2.32. The lowest BCUT2D eigenvalue weighted by molar-refractivity contribution is -0.119. The van der Waals surface area contributed by atoms with Gasteiger partial charge < -0.3 is 19.9 Å². The maximum atomic E-state index is 13.3. The van der Waals surface area contributed by atoms with Gasteiger partial charge in [0, 0.05) is 37.6 Å². The molecule has 0 bridgehead atoms. The van der Waals surface area contributed by atoms with Crippen LogP contribution in [0.3, 0.4) is 0 Å². The van der Waals surface area contributed by atoms with Crippen LogP contribution in [-0.4, -0.2) is 56.1 Å². The van der Waals surface area contributed by atoms with Crippen molar-refractivity contribution in [2.45, 2.75) is 6.92 Å². The molecule has 2 aromatic rings. The minimum absolute atomic E-state index is 0.297. The van der Waals surface area contributed by atoms with E-state index in [1.54, 1.807) is 12.1 Å². The molecule has 0 saturated carbocycles. The summed E-state index contributed by atoms with van der Waals surface area (Å²) in [6, 6.07) is 8.70.